The van der Waals surface area contributed by atoms with Crippen LogP contribution in [0.2, 0.25) is 0 Å². The van der Waals surface area contributed by atoms with Crippen LogP contribution >= 0.6 is 0 Å². The van der Waals surface area contributed by atoms with Crippen molar-refractivity contribution in [1.29, 1.82) is 0 Å². The van der Waals surface area contributed by atoms with Crippen LogP contribution in [0.25, 0.3) is 0 Å². The van der Waals surface area contributed by atoms with E-state index in [0.29, 0.717) is 17.9 Å². The van der Waals surface area contributed by atoms with Gasteiger partial charge in [0.05, 0.1) is 20.2 Å². The second kappa shape index (κ2) is 12.3. The first-order chi connectivity index (χ1) is 16.8. The maximum Gasteiger partial charge on any atom is 0.234 e. The number of methoxy groups -OCH3 is 1. The summed E-state index contributed by atoms with van der Waals surface area (Å²) in [6.07, 6.45) is 0. The molecule has 1 heterocycles. The summed E-state index contributed by atoms with van der Waals surface area (Å²) in [7, 11) is 1.54. The van der Waals surface area contributed by atoms with Gasteiger partial charge in [-0.2, -0.15) is 0 Å². The fourth-order valence-electron chi connectivity index (χ4n) is 3.93. The van der Waals surface area contributed by atoms with Gasteiger partial charge in [0.2, 0.25) is 11.8 Å². The van der Waals surface area contributed by atoms with E-state index in [1.54, 1.807) is 50.1 Å². The zero-order valence-electron chi connectivity index (χ0n) is 20.3. The normalized spacial score (nSPS) is 20.3. The van der Waals surface area contributed by atoms with Crippen LogP contribution in [0, 0.1) is 17.7 Å². The van der Waals surface area contributed by atoms with Crippen LogP contribution in [-0.2, 0) is 27.5 Å². The van der Waals surface area contributed by atoms with Gasteiger partial charge in [0.15, 0.2) is 11.6 Å². The van der Waals surface area contributed by atoms with Gasteiger partial charge >= 0.3 is 0 Å². The molecule has 2 atom stereocenters. The summed E-state index contributed by atoms with van der Waals surface area (Å²) in [6.45, 7) is 4.45. The van der Waals surface area contributed by atoms with Crippen molar-refractivity contribution in [3.8, 4) is 11.5 Å². The van der Waals surface area contributed by atoms with Crippen LogP contribution in [0.3, 0.4) is 0 Å². The number of para-hydroxylation sites is 1. The summed E-state index contributed by atoms with van der Waals surface area (Å²) in [5, 5.41) is 5.59. The predicted octanol–water partition coefficient (Wildman–Crippen LogP) is 2.30. The van der Waals surface area contributed by atoms with Crippen LogP contribution in [-0.4, -0.2) is 55.8 Å². The first-order valence-corrected chi connectivity index (χ1v) is 11.6. The monoisotopic (exact) mass is 485 g/mol. The summed E-state index contributed by atoms with van der Waals surface area (Å²) >= 11 is 0. The second-order valence-electron chi connectivity index (χ2n) is 8.82. The second-order valence-corrected chi connectivity index (χ2v) is 8.82. The van der Waals surface area contributed by atoms with E-state index < -0.39 is 5.82 Å². The number of carbonyl (C=O) groups is 3. The molecule has 3 rings (SSSR count). The van der Waals surface area contributed by atoms with Crippen molar-refractivity contribution in [3.63, 3.8) is 0 Å². The molecule has 0 saturated carbocycles. The zero-order valence-corrected chi connectivity index (χ0v) is 20.3. The number of nitrogens with one attached hydrogen (secondary N) is 2. The molecule has 0 aromatic heterocycles. The van der Waals surface area contributed by atoms with Gasteiger partial charge in [0.1, 0.15) is 18.1 Å². The molecule has 2 aromatic rings. The van der Waals surface area contributed by atoms with Crippen molar-refractivity contribution in [2.24, 2.45) is 11.8 Å². The lowest BCUT2D eigenvalue weighted by molar-refractivity contribution is -0.128. The lowest BCUT2D eigenvalue weighted by Gasteiger charge is -2.25. The molecule has 188 valence electrons. The van der Waals surface area contributed by atoms with Crippen molar-refractivity contribution in [2.45, 2.75) is 27.0 Å². The van der Waals surface area contributed by atoms with Gasteiger partial charge in [-0.05, 0) is 29.8 Å². The lowest BCUT2D eigenvalue weighted by atomic mass is 9.95. The van der Waals surface area contributed by atoms with E-state index in [1.807, 2.05) is 12.1 Å². The maximum absolute atomic E-state index is 13.9. The van der Waals surface area contributed by atoms with Gasteiger partial charge in [-0.25, -0.2) is 4.39 Å². The summed E-state index contributed by atoms with van der Waals surface area (Å²) in [5.74, 6) is -0.921. The number of carbonyl (C=O) groups excluding carboxylic acids is 3. The summed E-state index contributed by atoms with van der Waals surface area (Å²) < 4.78 is 25.0. The third-order valence-electron chi connectivity index (χ3n) is 5.89. The Labute approximate surface area is 204 Å². The van der Waals surface area contributed by atoms with Crippen LogP contribution in [0.4, 0.5) is 4.39 Å². The van der Waals surface area contributed by atoms with Crippen molar-refractivity contribution < 1.29 is 28.2 Å². The molecule has 2 amide bonds. The Bertz CT molecular complexity index is 1030. The van der Waals surface area contributed by atoms with Crippen LogP contribution in [0.1, 0.15) is 25.0 Å². The van der Waals surface area contributed by atoms with E-state index in [4.69, 9.17) is 9.47 Å². The lowest BCUT2D eigenvalue weighted by Crippen LogP contribution is -2.46. The third kappa shape index (κ3) is 7.51. The fourth-order valence-corrected chi connectivity index (χ4v) is 3.93. The van der Waals surface area contributed by atoms with Crippen molar-refractivity contribution >= 4 is 17.6 Å². The van der Waals surface area contributed by atoms with Gasteiger partial charge in [-0.1, -0.05) is 32.0 Å². The molecular weight excluding hydrogens is 453 g/mol. The molecule has 2 aromatic carbocycles. The van der Waals surface area contributed by atoms with E-state index in [0.717, 1.165) is 5.56 Å². The molecule has 0 bridgehead atoms. The molecule has 2 unspecified atom stereocenters. The molecule has 9 heteroatoms. The molecule has 2 N–H and O–H groups in total. The SMILES string of the molecule is COc1ccc(CN2CC(=O)NCC(C)C(=O)C(C)CNC(=O)C2)cc1COc1ccccc1F. The number of amides is 2. The Morgan fingerprint density at radius 2 is 1.57 bits per heavy atom. The van der Waals surface area contributed by atoms with Gasteiger partial charge < -0.3 is 20.1 Å². The molecule has 1 aliphatic heterocycles. The number of ether oxygens (including phenoxy) is 2. The number of ketones is 1. The maximum atomic E-state index is 13.9. The quantitative estimate of drug-likeness (QED) is 0.652. The Morgan fingerprint density at radius 3 is 2.17 bits per heavy atom. The third-order valence-corrected chi connectivity index (χ3v) is 5.89. The highest BCUT2D eigenvalue weighted by Gasteiger charge is 2.24. The van der Waals surface area contributed by atoms with Gasteiger partial charge in [0, 0.05) is 37.0 Å². The predicted molar refractivity (Wildman–Crippen MR) is 128 cm³/mol. The van der Waals surface area contributed by atoms with Crippen molar-refractivity contribution in [2.75, 3.05) is 33.3 Å². The minimum absolute atomic E-state index is 0.00300. The zero-order chi connectivity index (χ0) is 25.4. The molecular formula is C26H32FN3O5. The Balaban J connectivity index is 1.74. The van der Waals surface area contributed by atoms with Crippen LogP contribution in [0.15, 0.2) is 42.5 Å². The Hall–Kier alpha value is -3.46. The average molecular weight is 486 g/mol. The first kappa shape index (κ1) is 26.2. The highest BCUT2D eigenvalue weighted by atomic mass is 19.1. The topological polar surface area (TPSA) is 97.0 Å². The Kier molecular flexibility index (Phi) is 9.19. The molecule has 0 radical (unpaired) electrons. The first-order valence-electron chi connectivity index (χ1n) is 11.6. The van der Waals surface area contributed by atoms with Crippen LogP contribution in [0.5, 0.6) is 11.5 Å². The molecule has 0 aliphatic carbocycles. The minimum Gasteiger partial charge on any atom is -0.496 e. The average Bonchev–Trinajstić information content (AvgIpc) is 2.84. The summed E-state index contributed by atoms with van der Waals surface area (Å²) in [6, 6.07) is 11.6. The molecule has 0 spiro atoms. The minimum atomic E-state index is -0.454. The number of hydrogen-bond acceptors (Lipinski definition) is 6. The van der Waals surface area contributed by atoms with Crippen molar-refractivity contribution in [1.82, 2.24) is 15.5 Å². The standard InChI is InChI=1S/C26H32FN3O5/c1-17-11-28-24(31)14-30(15-25(32)29-12-18(2)26(17)33)13-19-8-9-22(34-3)20(10-19)16-35-23-7-5-4-6-21(23)27/h4-10,17-18H,11-16H2,1-3H3,(H,28,31)(H,29,32). The number of hydrogen-bond donors (Lipinski definition) is 2. The van der Waals surface area contributed by atoms with E-state index in [-0.39, 0.29) is 68.0 Å². The molecule has 8 nitrogen and oxygen atoms in total. The number of halogens is 1. The number of Topliss-reactive ketones (excluding diaryl/α,β-unsaturated/α-hetero) is 1. The summed E-state index contributed by atoms with van der Waals surface area (Å²) in [4.78, 5) is 39.2. The Morgan fingerprint density at radius 1 is 0.943 bits per heavy atom. The highest BCUT2D eigenvalue weighted by Crippen LogP contribution is 2.24. The van der Waals surface area contributed by atoms with Crippen molar-refractivity contribution in [3.05, 3.63) is 59.4 Å². The highest BCUT2D eigenvalue weighted by molar-refractivity contribution is 5.86. The molecule has 35 heavy (non-hydrogen) atoms. The number of rotatable bonds is 6. The van der Waals surface area contributed by atoms with Gasteiger partial charge in [-0.3, -0.25) is 19.3 Å². The molecule has 1 saturated heterocycles. The summed E-state index contributed by atoms with van der Waals surface area (Å²) in [5.41, 5.74) is 1.54. The van der Waals surface area contributed by atoms with E-state index in [2.05, 4.69) is 10.6 Å². The van der Waals surface area contributed by atoms with Gasteiger partial charge in [0.25, 0.3) is 0 Å². The smallest absolute Gasteiger partial charge is 0.234 e. The number of nitrogens with zero attached hydrogens (tertiary/aromatic N) is 1. The molecule has 1 aliphatic rings. The van der Waals surface area contributed by atoms with Crippen LogP contribution < -0.4 is 20.1 Å². The number of benzene rings is 2. The van der Waals surface area contributed by atoms with E-state index >= 15 is 0 Å². The fraction of sp³-hybridized carbons (Fsp3) is 0.423. The van der Waals surface area contributed by atoms with E-state index in [1.165, 1.54) is 6.07 Å². The van der Waals surface area contributed by atoms with E-state index in [9.17, 15) is 18.8 Å². The molecule has 1 fully saturated rings. The van der Waals surface area contributed by atoms with Gasteiger partial charge in [-0.15, -0.1) is 0 Å². The largest absolute Gasteiger partial charge is 0.496 e.